The molecule has 20 rings (SSSR count). The SMILES string of the molecule is CC(C)(C)c1ccc(C#N)cc1.CC(C)(C)c1ccc(F)cc1.CC(C)(C)c1ccc([N+](=O)[O-])cc1.CC(C)(C)c1ccccc1F.CCc1cccc2c(C(C)(C)C)c[nH]c12.CCc1cccc2c(C(C)(C)C3CCCCC3)c[nH]c12.CCc1cccc2c(C(C)C)c[nH]c12.CCc1cccc2c(C(C)C3CCCCC3)c[nH]c12.CCc1cccc2c(C3(C)CCCCC3)c[nH]c12.COc1ccc(C2(C)CC3C=CC2C3)cc1. The van der Waals surface area contributed by atoms with E-state index in [1.54, 1.807) is 43.0 Å². The summed E-state index contributed by atoms with van der Waals surface area (Å²) >= 11 is 0. The number of methoxy groups -OCH3 is 1. The average Bonchev–Trinajstić information content (AvgIpc) is 1.62. The number of hydrogen-bond donors (Lipinski definition) is 5. The lowest BCUT2D eigenvalue weighted by atomic mass is 9.67. The van der Waals surface area contributed by atoms with Gasteiger partial charge in [-0.3, -0.25) is 10.1 Å². The van der Waals surface area contributed by atoms with Crippen molar-refractivity contribution in [3.63, 3.8) is 0 Å². The predicted molar refractivity (Wildman–Crippen MR) is 634 cm³/mol. The number of allylic oxidation sites excluding steroid dienone is 2. The Morgan fingerprint density at radius 3 is 1.23 bits per heavy atom. The van der Waals surface area contributed by atoms with Crippen molar-refractivity contribution in [1.29, 1.82) is 5.26 Å². The van der Waals surface area contributed by atoms with E-state index in [2.05, 4.69) is 356 Å². The average molecular weight is 2010 g/mol. The fourth-order valence-corrected chi connectivity index (χ4v) is 23.2. The van der Waals surface area contributed by atoms with Crippen LogP contribution in [0.1, 0.15) is 397 Å². The molecule has 5 aliphatic rings. The van der Waals surface area contributed by atoms with Gasteiger partial charge in [0.2, 0.25) is 0 Å². The minimum absolute atomic E-state index is 0.0507. The summed E-state index contributed by atoms with van der Waals surface area (Å²) < 4.78 is 30.8. The molecule has 4 unspecified atom stereocenters. The van der Waals surface area contributed by atoms with Gasteiger partial charge in [-0.1, -0.05) is 415 Å². The molecule has 12 heteroatoms. The first-order chi connectivity index (χ1) is 70.7. The molecule has 15 aromatic rings. The van der Waals surface area contributed by atoms with Gasteiger partial charge in [0, 0.05) is 97.6 Å². The van der Waals surface area contributed by atoms with Crippen LogP contribution in [-0.2, 0) is 75.4 Å². The summed E-state index contributed by atoms with van der Waals surface area (Å²) in [6.45, 7) is 59.6. The van der Waals surface area contributed by atoms with Crippen LogP contribution >= 0.6 is 0 Å². The van der Waals surface area contributed by atoms with Gasteiger partial charge in [-0.25, -0.2) is 8.78 Å². The maximum atomic E-state index is 13.1. The highest BCUT2D eigenvalue weighted by atomic mass is 19.1. The predicted octanol–water partition coefficient (Wildman–Crippen LogP) is 39.4. The van der Waals surface area contributed by atoms with Crippen molar-refractivity contribution in [2.45, 2.75) is 383 Å². The lowest BCUT2D eigenvalue weighted by Gasteiger charge is -2.37. The number of aromatic amines is 5. The quantitative estimate of drug-likeness (QED) is 0.0418. The molecule has 149 heavy (non-hydrogen) atoms. The summed E-state index contributed by atoms with van der Waals surface area (Å²) in [6.07, 6.45) is 45.1. The number of fused-ring (bicyclic) bond motifs is 7. The molecule has 4 fully saturated rings. The van der Waals surface area contributed by atoms with Gasteiger partial charge in [0.15, 0.2) is 0 Å². The molecule has 10 nitrogen and oxygen atoms in total. The highest BCUT2D eigenvalue weighted by molar-refractivity contribution is 5.90. The number of aromatic nitrogens is 5. The summed E-state index contributed by atoms with van der Waals surface area (Å²) in [5.74, 6) is 5.24. The number of nitriles is 1. The van der Waals surface area contributed by atoms with Crippen molar-refractivity contribution in [2.24, 2.45) is 23.7 Å². The lowest BCUT2D eigenvalue weighted by Crippen LogP contribution is -2.30. The van der Waals surface area contributed by atoms with Crippen LogP contribution in [0.25, 0.3) is 54.5 Å². The summed E-state index contributed by atoms with van der Waals surface area (Å²) in [5.41, 5.74) is 29.4. The number of para-hydroxylation sites is 5. The summed E-state index contributed by atoms with van der Waals surface area (Å²) in [4.78, 5) is 27.4. The molecule has 0 saturated heterocycles. The van der Waals surface area contributed by atoms with Gasteiger partial charge in [0.1, 0.15) is 17.4 Å². The van der Waals surface area contributed by atoms with Crippen molar-refractivity contribution in [3.05, 3.63) is 366 Å². The van der Waals surface area contributed by atoms with Gasteiger partial charge in [-0.15, -0.1) is 0 Å². The van der Waals surface area contributed by atoms with Crippen molar-refractivity contribution in [1.82, 2.24) is 24.9 Å². The van der Waals surface area contributed by atoms with E-state index in [1.165, 1.54) is 249 Å². The number of nitrogens with one attached hydrogen (secondary N) is 5. The zero-order valence-electron chi connectivity index (χ0n) is 96.1. The molecule has 4 saturated carbocycles. The van der Waals surface area contributed by atoms with Crippen LogP contribution in [0.4, 0.5) is 14.5 Å². The third-order valence-corrected chi connectivity index (χ3v) is 32.8. The zero-order valence-corrected chi connectivity index (χ0v) is 96.1. The molecule has 0 radical (unpaired) electrons. The number of ether oxygens (including phenoxy) is 1. The van der Waals surface area contributed by atoms with Crippen LogP contribution in [0.3, 0.4) is 0 Å². The Hall–Kier alpha value is -11.8. The molecule has 4 atom stereocenters. The van der Waals surface area contributed by atoms with Crippen molar-refractivity contribution in [3.8, 4) is 11.8 Å². The van der Waals surface area contributed by atoms with Crippen LogP contribution in [0.5, 0.6) is 5.75 Å². The molecular formula is C137H181F2N7O3. The number of nitrogens with zero attached hydrogens (tertiary/aromatic N) is 2. The largest absolute Gasteiger partial charge is 0.497 e. The minimum atomic E-state index is -0.383. The Labute approximate surface area is 895 Å². The fraction of sp³-hybridized carbons (Fsp3) is 0.467. The monoisotopic (exact) mass is 2010 g/mol. The topological polar surface area (TPSA) is 155 Å². The van der Waals surface area contributed by atoms with E-state index in [0.29, 0.717) is 22.7 Å². The number of rotatable bonds is 14. The Bertz CT molecular complexity index is 6790. The highest BCUT2D eigenvalue weighted by Gasteiger charge is 2.46. The number of halogens is 2. The number of H-pyrrole nitrogens is 5. The fourth-order valence-electron chi connectivity index (χ4n) is 23.2. The molecule has 5 heterocycles. The number of nitro groups is 1. The van der Waals surface area contributed by atoms with Crippen LogP contribution in [0.15, 0.2) is 255 Å². The lowest BCUT2D eigenvalue weighted by molar-refractivity contribution is -0.384. The van der Waals surface area contributed by atoms with Gasteiger partial charge in [0.05, 0.1) is 23.7 Å². The molecule has 796 valence electrons. The summed E-state index contributed by atoms with van der Waals surface area (Å²) in [5, 5.41) is 26.1. The highest BCUT2D eigenvalue weighted by Crippen LogP contribution is 2.54. The first-order valence-corrected chi connectivity index (χ1v) is 56.2. The van der Waals surface area contributed by atoms with E-state index in [-0.39, 0.29) is 54.7 Å². The molecule has 0 aliphatic heterocycles. The molecular weight excluding hydrogens is 1830 g/mol. The number of hydrogen-bond acceptors (Lipinski definition) is 4. The van der Waals surface area contributed by atoms with Crippen LogP contribution in [0, 0.1) is 56.8 Å². The minimum Gasteiger partial charge on any atom is -0.497 e. The van der Waals surface area contributed by atoms with E-state index in [4.69, 9.17) is 10.00 Å². The van der Waals surface area contributed by atoms with Gasteiger partial charge in [0.25, 0.3) is 5.69 Å². The maximum Gasteiger partial charge on any atom is 0.269 e. The van der Waals surface area contributed by atoms with Gasteiger partial charge in [-0.2, -0.15) is 5.26 Å². The second kappa shape index (κ2) is 52.3. The third kappa shape index (κ3) is 30.4. The Morgan fingerprint density at radius 1 is 0.423 bits per heavy atom. The number of non-ortho nitro benzene ring substituents is 1. The van der Waals surface area contributed by atoms with Gasteiger partial charge in [-0.05, 0) is 288 Å². The van der Waals surface area contributed by atoms with Crippen LogP contribution < -0.4 is 4.74 Å². The molecule has 5 aromatic heterocycles. The van der Waals surface area contributed by atoms with Crippen molar-refractivity contribution < 1.29 is 18.4 Å². The van der Waals surface area contributed by atoms with Gasteiger partial charge < -0.3 is 29.7 Å². The van der Waals surface area contributed by atoms with Crippen LogP contribution in [-0.4, -0.2) is 37.0 Å². The second-order valence-electron chi connectivity index (χ2n) is 49.1. The van der Waals surface area contributed by atoms with E-state index in [1.807, 2.05) is 69.3 Å². The van der Waals surface area contributed by atoms with Crippen LogP contribution in [0.2, 0.25) is 0 Å². The van der Waals surface area contributed by atoms with E-state index < -0.39 is 0 Å². The standard InChI is InChI=1S/C19H27N.C18H25N.C17H23N.C15H18O.C14H19N.C13H17N.C11H13N.2C10H13F.C10H13NO2/c1-4-14-9-8-12-16-17(13-20-18(14)16)19(2,3)15-10-6-5-7-11-15;1-3-14-10-7-11-16-17(12-19-18(14)16)13(2)15-8-5-4-6-9-15;1-3-13-8-7-9-14-15(12-18-16(13)14)17(2)10-5-4-6-11-17;1-15(10-11-3-4-13(15)9-11)12-5-7-14(16-2)8-6-12;1-5-10-7-6-8-11-12(14(2,3)4)9-15-13(10)11;1-4-10-6-5-7-11-12(9(2)3)8-14-13(10)11;1-11(2,3)10-6-4-9(8-12)5-7-10;1-10(2,3)8-4-6-9(11)7-5-8;1-10(2,3)8-6-4-5-7-9(8)11;1-10(2,3)8-4-6-9(7-5-8)11(12)13/h8-9,12-13,15,20H,4-7,10-11H2,1-3H3;7,10-13,15,19H,3-6,8-9H2,1-2H3;7-9,12,18H,3-6,10-11H2,1-2H3;3-8,11,13H,9-10H2,1-2H3;6-9,15H,5H2,1-4H3;5-9,14H,4H2,1-3H3;4-7H,1-3H3;2*4-7H,1-3H3;4-7H,1-3H3. The second-order valence-corrected chi connectivity index (χ2v) is 49.1. The third-order valence-electron chi connectivity index (χ3n) is 32.8. The summed E-state index contributed by atoms with van der Waals surface area (Å²) in [7, 11) is 1.72. The Morgan fingerprint density at radius 2 is 0.819 bits per heavy atom. The zero-order chi connectivity index (χ0) is 109. The number of aryl methyl sites for hydroxylation is 5. The first-order valence-electron chi connectivity index (χ1n) is 56.2. The molecule has 10 aromatic carbocycles. The van der Waals surface area contributed by atoms with Crippen molar-refractivity contribution in [2.75, 3.05) is 7.11 Å². The Kier molecular flexibility index (Phi) is 41.2. The van der Waals surface area contributed by atoms with E-state index in [0.717, 1.165) is 78.2 Å². The molecule has 5 aliphatic carbocycles. The van der Waals surface area contributed by atoms with E-state index >= 15 is 0 Å². The van der Waals surface area contributed by atoms with E-state index in [9.17, 15) is 18.9 Å². The number of nitro benzene ring substituents is 1. The molecule has 5 N–H and O–H groups in total. The first kappa shape index (κ1) is 117. The molecule has 0 spiro atoms. The molecule has 2 bridgehead atoms. The normalized spacial score (nSPS) is 16.8. The van der Waals surface area contributed by atoms with Gasteiger partial charge >= 0.3 is 0 Å². The molecule has 0 amide bonds. The summed E-state index contributed by atoms with van der Waals surface area (Å²) in [6, 6.07) is 72.1. The number of benzene rings is 10. The maximum absolute atomic E-state index is 13.1. The Balaban J connectivity index is 0.000000158. The smallest absolute Gasteiger partial charge is 0.269 e. The van der Waals surface area contributed by atoms with Crippen molar-refractivity contribution >= 4 is 60.2 Å².